The molecule has 0 aliphatic carbocycles. The monoisotopic (exact) mass is 255 g/mol. The molecule has 0 saturated carbocycles. The van der Waals surface area contributed by atoms with Crippen molar-refractivity contribution in [2.24, 2.45) is 5.92 Å². The lowest BCUT2D eigenvalue weighted by Gasteiger charge is -2.13. The van der Waals surface area contributed by atoms with Gasteiger partial charge in [0.1, 0.15) is 11.6 Å². The van der Waals surface area contributed by atoms with Crippen molar-refractivity contribution >= 4 is 5.82 Å². The molecule has 1 aromatic carbocycles. The molecular weight excluding hydrogens is 234 g/mol. The van der Waals surface area contributed by atoms with Gasteiger partial charge in [-0.1, -0.05) is 44.2 Å². The predicted molar refractivity (Wildman–Crippen MR) is 80.3 cm³/mol. The maximum atomic E-state index is 4.74. The first-order chi connectivity index (χ1) is 9.11. The molecule has 0 aliphatic rings. The van der Waals surface area contributed by atoms with Crippen LogP contribution in [0.4, 0.5) is 5.82 Å². The van der Waals surface area contributed by atoms with Crippen LogP contribution in [0.5, 0.6) is 0 Å². The molecule has 19 heavy (non-hydrogen) atoms. The lowest BCUT2D eigenvalue weighted by molar-refractivity contribution is 0.621. The maximum Gasteiger partial charge on any atom is 0.132 e. The highest BCUT2D eigenvalue weighted by Crippen LogP contribution is 2.25. The molecule has 0 amide bonds. The molecular formula is C16H21N3. The molecule has 2 rings (SSSR count). The van der Waals surface area contributed by atoms with Crippen LogP contribution < -0.4 is 5.32 Å². The van der Waals surface area contributed by atoms with Crippen molar-refractivity contribution in [1.29, 1.82) is 0 Å². The Balaban J connectivity index is 2.52. The van der Waals surface area contributed by atoms with Gasteiger partial charge in [0.2, 0.25) is 0 Å². The Bertz CT molecular complexity index is 547. The van der Waals surface area contributed by atoms with E-state index in [1.807, 2.05) is 25.2 Å². The molecule has 1 heterocycles. The molecule has 3 heteroatoms. The van der Waals surface area contributed by atoms with E-state index < -0.39 is 0 Å². The molecule has 0 aliphatic heterocycles. The lowest BCUT2D eigenvalue weighted by Crippen LogP contribution is -2.07. The summed E-state index contributed by atoms with van der Waals surface area (Å²) in [4.78, 5) is 9.34. The number of nitrogens with one attached hydrogen (secondary N) is 1. The fourth-order valence-electron chi connectivity index (χ4n) is 2.14. The van der Waals surface area contributed by atoms with Crippen LogP contribution in [-0.2, 0) is 6.42 Å². The first kappa shape index (κ1) is 13.5. The van der Waals surface area contributed by atoms with E-state index >= 15 is 0 Å². The summed E-state index contributed by atoms with van der Waals surface area (Å²) in [6.45, 7) is 6.43. The number of hydrogen-bond donors (Lipinski definition) is 1. The molecule has 3 nitrogen and oxygen atoms in total. The predicted octanol–water partition coefficient (Wildman–Crippen LogP) is 3.69. The maximum absolute atomic E-state index is 4.74. The molecule has 0 saturated heterocycles. The first-order valence-electron chi connectivity index (χ1n) is 6.72. The largest absolute Gasteiger partial charge is 0.373 e. The van der Waals surface area contributed by atoms with E-state index in [4.69, 9.17) is 4.98 Å². The van der Waals surface area contributed by atoms with Gasteiger partial charge >= 0.3 is 0 Å². The van der Waals surface area contributed by atoms with Crippen LogP contribution in [0.3, 0.4) is 0 Å². The van der Waals surface area contributed by atoms with Gasteiger partial charge in [0.25, 0.3) is 0 Å². The van der Waals surface area contributed by atoms with E-state index in [1.165, 1.54) is 0 Å². The van der Waals surface area contributed by atoms with E-state index in [2.05, 4.69) is 43.2 Å². The average molecular weight is 255 g/mol. The smallest absolute Gasteiger partial charge is 0.132 e. The fraction of sp³-hybridized carbons (Fsp3) is 0.375. The SMILES string of the molecule is CNc1nc(CC(C)C)nc(-c2ccccc2)c1C. The minimum Gasteiger partial charge on any atom is -0.373 e. The van der Waals surface area contributed by atoms with Crippen molar-refractivity contribution in [3.8, 4) is 11.3 Å². The van der Waals surface area contributed by atoms with Crippen LogP contribution in [0.25, 0.3) is 11.3 Å². The molecule has 0 atom stereocenters. The van der Waals surface area contributed by atoms with Gasteiger partial charge in [-0.15, -0.1) is 0 Å². The number of rotatable bonds is 4. The van der Waals surface area contributed by atoms with Gasteiger partial charge in [0.15, 0.2) is 0 Å². The number of anilines is 1. The molecule has 0 radical (unpaired) electrons. The Labute approximate surface area is 115 Å². The second-order valence-corrected chi connectivity index (χ2v) is 5.18. The topological polar surface area (TPSA) is 37.8 Å². The standard InChI is InChI=1S/C16H21N3/c1-11(2)10-14-18-15(12(3)16(17-4)19-14)13-8-6-5-7-9-13/h5-9,11H,10H2,1-4H3,(H,17,18,19). The second-order valence-electron chi connectivity index (χ2n) is 5.18. The molecule has 1 N–H and O–H groups in total. The molecule has 100 valence electrons. The van der Waals surface area contributed by atoms with Crippen LogP contribution in [0, 0.1) is 12.8 Å². The third-order valence-electron chi connectivity index (χ3n) is 3.07. The van der Waals surface area contributed by atoms with Gasteiger partial charge in [-0.3, -0.25) is 0 Å². The average Bonchev–Trinajstić information content (AvgIpc) is 2.41. The molecule has 0 spiro atoms. The number of hydrogen-bond acceptors (Lipinski definition) is 3. The van der Waals surface area contributed by atoms with Gasteiger partial charge < -0.3 is 5.32 Å². The first-order valence-corrected chi connectivity index (χ1v) is 6.72. The third-order valence-corrected chi connectivity index (χ3v) is 3.07. The van der Waals surface area contributed by atoms with Crippen molar-refractivity contribution in [1.82, 2.24) is 9.97 Å². The van der Waals surface area contributed by atoms with Crippen molar-refractivity contribution in [3.63, 3.8) is 0 Å². The molecule has 0 unspecified atom stereocenters. The van der Waals surface area contributed by atoms with Crippen molar-refractivity contribution in [2.45, 2.75) is 27.2 Å². The third kappa shape index (κ3) is 3.11. The summed E-state index contributed by atoms with van der Waals surface area (Å²) in [5.41, 5.74) is 3.26. The number of benzene rings is 1. The summed E-state index contributed by atoms with van der Waals surface area (Å²) < 4.78 is 0. The minimum atomic E-state index is 0.552. The zero-order chi connectivity index (χ0) is 13.8. The Morgan fingerprint density at radius 3 is 2.37 bits per heavy atom. The van der Waals surface area contributed by atoms with Crippen LogP contribution >= 0.6 is 0 Å². The Kier molecular flexibility index (Phi) is 4.15. The van der Waals surface area contributed by atoms with E-state index in [0.717, 1.165) is 34.9 Å². The second kappa shape index (κ2) is 5.83. The van der Waals surface area contributed by atoms with Crippen LogP contribution in [0.15, 0.2) is 30.3 Å². The van der Waals surface area contributed by atoms with E-state index in [0.29, 0.717) is 5.92 Å². The molecule has 2 aromatic rings. The highest BCUT2D eigenvalue weighted by molar-refractivity contribution is 5.67. The van der Waals surface area contributed by atoms with Crippen molar-refractivity contribution in [3.05, 3.63) is 41.7 Å². The minimum absolute atomic E-state index is 0.552. The normalized spacial score (nSPS) is 10.8. The summed E-state index contributed by atoms with van der Waals surface area (Å²) >= 11 is 0. The summed E-state index contributed by atoms with van der Waals surface area (Å²) in [6.07, 6.45) is 0.898. The Hall–Kier alpha value is -1.90. The van der Waals surface area contributed by atoms with E-state index in [-0.39, 0.29) is 0 Å². The van der Waals surface area contributed by atoms with Crippen LogP contribution in [0.1, 0.15) is 25.2 Å². The quantitative estimate of drug-likeness (QED) is 0.905. The van der Waals surface area contributed by atoms with Crippen molar-refractivity contribution in [2.75, 3.05) is 12.4 Å². The van der Waals surface area contributed by atoms with E-state index in [1.54, 1.807) is 0 Å². The summed E-state index contributed by atoms with van der Waals surface area (Å²) in [7, 11) is 1.91. The Morgan fingerprint density at radius 2 is 1.79 bits per heavy atom. The van der Waals surface area contributed by atoms with Crippen LogP contribution in [0.2, 0.25) is 0 Å². The number of aromatic nitrogens is 2. The van der Waals surface area contributed by atoms with Gasteiger partial charge in [-0.25, -0.2) is 9.97 Å². The van der Waals surface area contributed by atoms with Crippen molar-refractivity contribution < 1.29 is 0 Å². The van der Waals surface area contributed by atoms with Gasteiger partial charge in [-0.2, -0.15) is 0 Å². The van der Waals surface area contributed by atoms with E-state index in [9.17, 15) is 0 Å². The fourth-order valence-corrected chi connectivity index (χ4v) is 2.14. The molecule has 1 aromatic heterocycles. The summed E-state index contributed by atoms with van der Waals surface area (Å²) in [5.74, 6) is 2.38. The molecule has 0 bridgehead atoms. The highest BCUT2D eigenvalue weighted by Gasteiger charge is 2.12. The number of nitrogens with zero attached hydrogens (tertiary/aromatic N) is 2. The zero-order valence-corrected chi connectivity index (χ0v) is 12.1. The molecule has 0 fully saturated rings. The zero-order valence-electron chi connectivity index (χ0n) is 12.1. The van der Waals surface area contributed by atoms with Gasteiger partial charge in [0, 0.05) is 24.6 Å². The van der Waals surface area contributed by atoms with Crippen LogP contribution in [-0.4, -0.2) is 17.0 Å². The van der Waals surface area contributed by atoms with Gasteiger partial charge in [-0.05, 0) is 12.8 Å². The Morgan fingerprint density at radius 1 is 1.11 bits per heavy atom. The summed E-state index contributed by atoms with van der Waals surface area (Å²) in [6, 6.07) is 10.3. The van der Waals surface area contributed by atoms with Gasteiger partial charge in [0.05, 0.1) is 5.69 Å². The summed E-state index contributed by atoms with van der Waals surface area (Å²) in [5, 5.41) is 3.17. The lowest BCUT2D eigenvalue weighted by atomic mass is 10.1. The highest BCUT2D eigenvalue weighted by atomic mass is 15.0.